The van der Waals surface area contributed by atoms with Crippen molar-refractivity contribution in [3.05, 3.63) is 0 Å². The van der Waals surface area contributed by atoms with Gasteiger partial charge in [0.25, 0.3) is 0 Å². The molecule has 1 atom stereocenters. The first kappa shape index (κ1) is 10.7. The number of nitrogens with zero attached hydrogens (tertiary/aromatic N) is 1. The smallest absolute Gasteiger partial charge is 0.317 e. The third-order valence-electron chi connectivity index (χ3n) is 2.28. The van der Waals surface area contributed by atoms with E-state index in [2.05, 4.69) is 12.2 Å². The van der Waals surface area contributed by atoms with Crippen LogP contribution in [0.3, 0.4) is 0 Å². The molecule has 0 aromatic heterocycles. The van der Waals surface area contributed by atoms with E-state index in [0.29, 0.717) is 6.04 Å². The van der Waals surface area contributed by atoms with Gasteiger partial charge in [-0.05, 0) is 13.3 Å². The fourth-order valence-electron chi connectivity index (χ4n) is 1.17. The first-order chi connectivity index (χ1) is 6.24. The molecule has 0 spiro atoms. The molecule has 1 fully saturated rings. The van der Waals surface area contributed by atoms with Crippen LogP contribution in [0, 0.1) is 0 Å². The number of nitrogens with one attached hydrogen (secondary N) is 1. The summed E-state index contributed by atoms with van der Waals surface area (Å²) in [6, 6.07) is 0.400. The van der Waals surface area contributed by atoms with Gasteiger partial charge in [0.15, 0.2) is 0 Å². The Morgan fingerprint density at radius 3 is 2.69 bits per heavy atom. The molecule has 1 aliphatic heterocycles. The van der Waals surface area contributed by atoms with Crippen molar-refractivity contribution in [2.75, 3.05) is 24.6 Å². The molecule has 2 amide bonds. The summed E-state index contributed by atoms with van der Waals surface area (Å²) >= 11 is 1.92. The molecule has 0 saturated carbocycles. The van der Waals surface area contributed by atoms with E-state index in [1.165, 1.54) is 0 Å². The Balaban J connectivity index is 2.29. The summed E-state index contributed by atoms with van der Waals surface area (Å²) in [7, 11) is 0. The van der Waals surface area contributed by atoms with Crippen LogP contribution in [0.25, 0.3) is 0 Å². The Morgan fingerprint density at radius 2 is 2.15 bits per heavy atom. The Morgan fingerprint density at radius 1 is 1.54 bits per heavy atom. The van der Waals surface area contributed by atoms with E-state index < -0.39 is 0 Å². The molecule has 0 radical (unpaired) electrons. The van der Waals surface area contributed by atoms with Crippen LogP contribution in [0.2, 0.25) is 0 Å². The zero-order chi connectivity index (χ0) is 9.68. The van der Waals surface area contributed by atoms with Crippen LogP contribution in [0.5, 0.6) is 0 Å². The lowest BCUT2D eigenvalue weighted by atomic mass is 10.3. The maximum absolute atomic E-state index is 11.6. The number of rotatable bonds is 2. The fraction of sp³-hybridized carbons (Fsp3) is 0.889. The second-order valence-electron chi connectivity index (χ2n) is 3.36. The molecule has 1 rings (SSSR count). The normalized spacial score (nSPS) is 19.7. The second-order valence-corrected chi connectivity index (χ2v) is 4.58. The van der Waals surface area contributed by atoms with Crippen molar-refractivity contribution in [1.82, 2.24) is 10.2 Å². The predicted molar refractivity (Wildman–Crippen MR) is 57.2 cm³/mol. The molecule has 0 aliphatic carbocycles. The van der Waals surface area contributed by atoms with Crippen LogP contribution in [0.4, 0.5) is 4.79 Å². The van der Waals surface area contributed by atoms with Gasteiger partial charge in [0.05, 0.1) is 0 Å². The molecule has 1 heterocycles. The number of urea groups is 1. The van der Waals surface area contributed by atoms with Crippen molar-refractivity contribution in [1.29, 1.82) is 0 Å². The van der Waals surface area contributed by atoms with Gasteiger partial charge >= 0.3 is 6.03 Å². The van der Waals surface area contributed by atoms with E-state index in [1.54, 1.807) is 0 Å². The molecule has 13 heavy (non-hydrogen) atoms. The van der Waals surface area contributed by atoms with Gasteiger partial charge in [0.2, 0.25) is 0 Å². The van der Waals surface area contributed by atoms with E-state index in [0.717, 1.165) is 31.0 Å². The van der Waals surface area contributed by atoms with Gasteiger partial charge in [0, 0.05) is 30.6 Å². The van der Waals surface area contributed by atoms with Crippen molar-refractivity contribution in [3.63, 3.8) is 0 Å². The van der Waals surface area contributed by atoms with Crippen LogP contribution in [-0.4, -0.2) is 41.6 Å². The van der Waals surface area contributed by atoms with Crippen molar-refractivity contribution in [2.24, 2.45) is 0 Å². The van der Waals surface area contributed by atoms with Gasteiger partial charge in [-0.3, -0.25) is 0 Å². The maximum atomic E-state index is 11.6. The van der Waals surface area contributed by atoms with E-state index in [-0.39, 0.29) is 6.03 Å². The average molecular weight is 202 g/mol. The molecular weight excluding hydrogens is 184 g/mol. The number of hydrogen-bond acceptors (Lipinski definition) is 2. The minimum Gasteiger partial charge on any atom is -0.336 e. The highest BCUT2D eigenvalue weighted by molar-refractivity contribution is 7.99. The molecule has 0 aromatic carbocycles. The molecule has 1 N–H and O–H groups in total. The highest BCUT2D eigenvalue weighted by Gasteiger charge is 2.17. The van der Waals surface area contributed by atoms with E-state index in [1.807, 2.05) is 23.6 Å². The first-order valence-corrected chi connectivity index (χ1v) is 6.02. The van der Waals surface area contributed by atoms with Crippen LogP contribution in [0.15, 0.2) is 0 Å². The Kier molecular flexibility index (Phi) is 4.42. The quantitative estimate of drug-likeness (QED) is 0.736. The SMILES string of the molecule is CCC(C)NC(=O)N1CCSCC1. The molecule has 1 aliphatic rings. The monoisotopic (exact) mass is 202 g/mol. The fourth-order valence-corrected chi connectivity index (χ4v) is 2.07. The van der Waals surface area contributed by atoms with Crippen LogP contribution in [-0.2, 0) is 0 Å². The minimum absolute atomic E-state index is 0.106. The van der Waals surface area contributed by atoms with Crippen molar-refractivity contribution >= 4 is 17.8 Å². The number of hydrogen-bond donors (Lipinski definition) is 1. The Labute approximate surface area is 84.2 Å². The summed E-state index contributed by atoms with van der Waals surface area (Å²) < 4.78 is 0. The molecule has 4 heteroatoms. The lowest BCUT2D eigenvalue weighted by molar-refractivity contribution is 0.199. The highest BCUT2D eigenvalue weighted by Crippen LogP contribution is 2.09. The maximum Gasteiger partial charge on any atom is 0.317 e. The number of carbonyl (C=O) groups is 1. The van der Waals surface area contributed by atoms with Gasteiger partial charge in [-0.25, -0.2) is 4.79 Å². The largest absolute Gasteiger partial charge is 0.336 e. The average Bonchev–Trinajstić information content (AvgIpc) is 2.19. The first-order valence-electron chi connectivity index (χ1n) is 4.87. The summed E-state index contributed by atoms with van der Waals surface area (Å²) in [5.74, 6) is 2.15. The molecule has 76 valence electrons. The molecular formula is C9H18N2OS. The van der Waals surface area contributed by atoms with Gasteiger partial charge in [-0.15, -0.1) is 0 Å². The van der Waals surface area contributed by atoms with E-state index in [4.69, 9.17) is 0 Å². The lowest BCUT2D eigenvalue weighted by Crippen LogP contribution is -2.47. The Hall–Kier alpha value is -0.380. The number of carbonyl (C=O) groups excluding carboxylic acids is 1. The van der Waals surface area contributed by atoms with Crippen LogP contribution < -0.4 is 5.32 Å². The van der Waals surface area contributed by atoms with Crippen LogP contribution >= 0.6 is 11.8 Å². The van der Waals surface area contributed by atoms with Gasteiger partial charge in [0.1, 0.15) is 0 Å². The highest BCUT2D eigenvalue weighted by atomic mass is 32.2. The van der Waals surface area contributed by atoms with E-state index >= 15 is 0 Å². The van der Waals surface area contributed by atoms with Crippen molar-refractivity contribution in [3.8, 4) is 0 Å². The molecule has 0 bridgehead atoms. The minimum atomic E-state index is 0.106. The summed E-state index contributed by atoms with van der Waals surface area (Å²) in [5, 5.41) is 2.98. The summed E-state index contributed by atoms with van der Waals surface area (Å²) in [5.41, 5.74) is 0. The topological polar surface area (TPSA) is 32.3 Å². The number of amides is 2. The van der Waals surface area contributed by atoms with E-state index in [9.17, 15) is 4.79 Å². The van der Waals surface area contributed by atoms with Crippen molar-refractivity contribution in [2.45, 2.75) is 26.3 Å². The summed E-state index contributed by atoms with van der Waals surface area (Å²) in [6.45, 7) is 5.91. The third-order valence-corrected chi connectivity index (χ3v) is 3.22. The summed E-state index contributed by atoms with van der Waals surface area (Å²) in [4.78, 5) is 13.5. The molecule has 1 unspecified atom stereocenters. The number of thioether (sulfide) groups is 1. The standard InChI is InChI=1S/C9H18N2OS/c1-3-8(2)10-9(12)11-4-6-13-7-5-11/h8H,3-7H2,1-2H3,(H,10,12). The molecule has 0 aromatic rings. The van der Waals surface area contributed by atoms with Crippen LogP contribution in [0.1, 0.15) is 20.3 Å². The lowest BCUT2D eigenvalue weighted by Gasteiger charge is -2.27. The van der Waals surface area contributed by atoms with Gasteiger partial charge in [-0.2, -0.15) is 11.8 Å². The molecule has 3 nitrogen and oxygen atoms in total. The Bertz CT molecular complexity index is 169. The predicted octanol–water partition coefficient (Wildman–Crippen LogP) is 1.54. The molecule has 1 saturated heterocycles. The van der Waals surface area contributed by atoms with Gasteiger partial charge in [-0.1, -0.05) is 6.92 Å². The van der Waals surface area contributed by atoms with Gasteiger partial charge < -0.3 is 10.2 Å². The second kappa shape index (κ2) is 5.37. The third kappa shape index (κ3) is 3.46. The summed E-state index contributed by atoms with van der Waals surface area (Å²) in [6.07, 6.45) is 0.994. The zero-order valence-corrected chi connectivity index (χ0v) is 9.19. The zero-order valence-electron chi connectivity index (χ0n) is 8.38. The van der Waals surface area contributed by atoms with Crippen molar-refractivity contribution < 1.29 is 4.79 Å².